The highest BCUT2D eigenvalue weighted by Crippen LogP contribution is 2.30. The van der Waals surface area contributed by atoms with Crippen LogP contribution in [0.3, 0.4) is 0 Å². The van der Waals surface area contributed by atoms with Crippen LogP contribution in [0.4, 0.5) is 0 Å². The van der Waals surface area contributed by atoms with E-state index in [1.165, 1.54) is 19.3 Å². The van der Waals surface area contributed by atoms with Crippen LogP contribution in [-0.4, -0.2) is 25.6 Å². The van der Waals surface area contributed by atoms with Gasteiger partial charge in [-0.05, 0) is 56.7 Å². The van der Waals surface area contributed by atoms with Gasteiger partial charge in [0.1, 0.15) is 5.75 Å². The van der Waals surface area contributed by atoms with Crippen LogP contribution in [-0.2, 0) is 11.3 Å². The highest BCUT2D eigenvalue weighted by molar-refractivity contribution is 5.85. The molecule has 2 N–H and O–H groups in total. The molecule has 1 atom stereocenters. The fourth-order valence-electron chi connectivity index (χ4n) is 2.86. The second-order valence-corrected chi connectivity index (χ2v) is 6.54. The van der Waals surface area contributed by atoms with Crippen LogP contribution < -0.4 is 15.4 Å². The van der Waals surface area contributed by atoms with E-state index in [9.17, 15) is 4.79 Å². The number of hydrogen-bond donors (Lipinski definition) is 2. The lowest BCUT2D eigenvalue weighted by atomic mass is 10.0. The van der Waals surface area contributed by atoms with E-state index in [1.54, 1.807) is 0 Å². The Balaban J connectivity index is 0.00000192. The lowest BCUT2D eigenvalue weighted by Gasteiger charge is -2.12. The van der Waals surface area contributed by atoms with Crippen LogP contribution in [0.15, 0.2) is 24.3 Å². The summed E-state index contributed by atoms with van der Waals surface area (Å²) in [5, 5.41) is 6.37. The van der Waals surface area contributed by atoms with Gasteiger partial charge in [0.05, 0.1) is 6.61 Å². The lowest BCUT2D eigenvalue weighted by Crippen LogP contribution is -2.24. The number of amides is 1. The maximum Gasteiger partial charge on any atom is 0.220 e. The first-order valence-corrected chi connectivity index (χ1v) is 8.49. The van der Waals surface area contributed by atoms with Crippen molar-refractivity contribution in [3.05, 3.63) is 29.8 Å². The average molecular weight is 339 g/mol. The Hall–Kier alpha value is -1.26. The summed E-state index contributed by atoms with van der Waals surface area (Å²) in [6.45, 7) is 3.52. The zero-order valence-electron chi connectivity index (χ0n) is 13.6. The largest absolute Gasteiger partial charge is 0.493 e. The minimum Gasteiger partial charge on any atom is -0.493 e. The van der Waals surface area contributed by atoms with Crippen LogP contribution in [0.2, 0.25) is 0 Å². The van der Waals surface area contributed by atoms with Gasteiger partial charge in [-0.25, -0.2) is 0 Å². The highest BCUT2D eigenvalue weighted by atomic mass is 35.5. The molecule has 1 amide bonds. The third kappa shape index (κ3) is 6.04. The maximum atomic E-state index is 12.0. The van der Waals surface area contributed by atoms with Crippen LogP contribution in [0.25, 0.3) is 0 Å². The average Bonchev–Trinajstić information content (AvgIpc) is 3.23. The standard InChI is InChI=1S/C18H26N2O2.ClH/c21-18(8-7-14-9-10-19-11-14)20-12-16-3-1-2-4-17(16)22-13-15-5-6-15;/h1-4,14-15,19H,5-13H2,(H,20,21);1H. The Labute approximate surface area is 144 Å². The van der Waals surface area contributed by atoms with Gasteiger partial charge in [-0.15, -0.1) is 12.4 Å². The zero-order valence-corrected chi connectivity index (χ0v) is 14.4. The zero-order chi connectivity index (χ0) is 15.2. The first-order chi connectivity index (χ1) is 10.8. The predicted molar refractivity (Wildman–Crippen MR) is 94.0 cm³/mol. The van der Waals surface area contributed by atoms with E-state index < -0.39 is 0 Å². The molecule has 4 nitrogen and oxygen atoms in total. The summed E-state index contributed by atoms with van der Waals surface area (Å²) in [4.78, 5) is 12.0. The summed E-state index contributed by atoms with van der Waals surface area (Å²) in [6, 6.07) is 8.01. The monoisotopic (exact) mass is 338 g/mol. The molecular weight excluding hydrogens is 312 g/mol. The summed E-state index contributed by atoms with van der Waals surface area (Å²) in [6.07, 6.45) is 5.38. The summed E-state index contributed by atoms with van der Waals surface area (Å²) in [5.74, 6) is 2.46. The number of carbonyl (C=O) groups excluding carboxylic acids is 1. The van der Waals surface area contributed by atoms with Crippen molar-refractivity contribution >= 4 is 18.3 Å². The molecule has 0 radical (unpaired) electrons. The van der Waals surface area contributed by atoms with Gasteiger partial charge in [-0.1, -0.05) is 18.2 Å². The van der Waals surface area contributed by atoms with Gasteiger partial charge in [0.2, 0.25) is 5.91 Å². The summed E-state index contributed by atoms with van der Waals surface area (Å²) in [7, 11) is 0. The molecule has 5 heteroatoms. The van der Waals surface area contributed by atoms with Gasteiger partial charge in [0.15, 0.2) is 0 Å². The fraction of sp³-hybridized carbons (Fsp3) is 0.611. The van der Waals surface area contributed by atoms with Gasteiger partial charge < -0.3 is 15.4 Å². The van der Waals surface area contributed by atoms with Crippen molar-refractivity contribution in [3.63, 3.8) is 0 Å². The summed E-state index contributed by atoms with van der Waals surface area (Å²) >= 11 is 0. The fourth-order valence-corrected chi connectivity index (χ4v) is 2.86. The molecule has 1 aromatic rings. The third-order valence-electron chi connectivity index (χ3n) is 4.56. The van der Waals surface area contributed by atoms with Gasteiger partial charge in [-0.3, -0.25) is 4.79 Å². The minimum atomic E-state index is 0. The molecule has 1 unspecified atom stereocenters. The van der Waals surface area contributed by atoms with E-state index in [1.807, 2.05) is 24.3 Å². The van der Waals surface area contributed by atoms with Crippen molar-refractivity contribution in [3.8, 4) is 5.75 Å². The van der Waals surface area contributed by atoms with Crippen molar-refractivity contribution in [1.82, 2.24) is 10.6 Å². The van der Waals surface area contributed by atoms with Crippen molar-refractivity contribution in [2.24, 2.45) is 11.8 Å². The molecule has 1 aromatic carbocycles. The molecule has 2 fully saturated rings. The Morgan fingerprint density at radius 1 is 1.22 bits per heavy atom. The first kappa shape index (κ1) is 18.1. The number of nitrogens with one attached hydrogen (secondary N) is 2. The summed E-state index contributed by atoms with van der Waals surface area (Å²) < 4.78 is 5.88. The van der Waals surface area contributed by atoms with Gasteiger partial charge in [0, 0.05) is 18.5 Å². The van der Waals surface area contributed by atoms with E-state index in [-0.39, 0.29) is 18.3 Å². The van der Waals surface area contributed by atoms with E-state index in [0.29, 0.717) is 18.9 Å². The van der Waals surface area contributed by atoms with Crippen LogP contribution >= 0.6 is 12.4 Å². The second kappa shape index (κ2) is 9.14. The highest BCUT2D eigenvalue weighted by Gasteiger charge is 2.22. The SMILES string of the molecule is Cl.O=C(CCC1CCNC1)NCc1ccccc1OCC1CC1. The number of halogens is 1. The number of carbonyl (C=O) groups is 1. The van der Waals surface area contributed by atoms with Crippen molar-refractivity contribution < 1.29 is 9.53 Å². The molecule has 3 rings (SSSR count). The van der Waals surface area contributed by atoms with Crippen molar-refractivity contribution in [2.45, 2.75) is 38.6 Å². The third-order valence-corrected chi connectivity index (χ3v) is 4.56. The van der Waals surface area contributed by atoms with Crippen LogP contribution in [0.5, 0.6) is 5.75 Å². The molecule has 1 aliphatic heterocycles. The molecule has 23 heavy (non-hydrogen) atoms. The molecule has 2 aliphatic rings. The Bertz CT molecular complexity index is 500. The molecule has 0 bridgehead atoms. The maximum absolute atomic E-state index is 12.0. The van der Waals surface area contributed by atoms with Crippen LogP contribution in [0, 0.1) is 11.8 Å². The van der Waals surface area contributed by atoms with E-state index >= 15 is 0 Å². The van der Waals surface area contributed by atoms with E-state index in [0.717, 1.165) is 43.3 Å². The topological polar surface area (TPSA) is 50.4 Å². The number of ether oxygens (including phenoxy) is 1. The lowest BCUT2D eigenvalue weighted by molar-refractivity contribution is -0.121. The molecule has 0 aromatic heterocycles. The van der Waals surface area contributed by atoms with Crippen molar-refractivity contribution in [2.75, 3.05) is 19.7 Å². The number of benzene rings is 1. The molecule has 0 spiro atoms. The van der Waals surface area contributed by atoms with E-state index in [4.69, 9.17) is 4.74 Å². The second-order valence-electron chi connectivity index (χ2n) is 6.54. The minimum absolute atomic E-state index is 0. The normalized spacial score (nSPS) is 19.9. The molecule has 128 valence electrons. The number of para-hydroxylation sites is 1. The summed E-state index contributed by atoms with van der Waals surface area (Å²) in [5.41, 5.74) is 1.07. The Morgan fingerprint density at radius 3 is 2.78 bits per heavy atom. The molecule has 1 saturated carbocycles. The van der Waals surface area contributed by atoms with Gasteiger partial charge in [0.25, 0.3) is 0 Å². The Kier molecular flexibility index (Phi) is 7.18. The molecular formula is C18H27ClN2O2. The number of hydrogen-bond acceptors (Lipinski definition) is 3. The van der Waals surface area contributed by atoms with Gasteiger partial charge >= 0.3 is 0 Å². The smallest absolute Gasteiger partial charge is 0.220 e. The Morgan fingerprint density at radius 2 is 2.04 bits per heavy atom. The predicted octanol–water partition coefficient (Wildman–Crippen LogP) is 2.90. The molecule has 1 aliphatic carbocycles. The quantitative estimate of drug-likeness (QED) is 0.766. The first-order valence-electron chi connectivity index (χ1n) is 8.49. The van der Waals surface area contributed by atoms with E-state index in [2.05, 4.69) is 10.6 Å². The van der Waals surface area contributed by atoms with Crippen LogP contribution in [0.1, 0.15) is 37.7 Å². The van der Waals surface area contributed by atoms with Gasteiger partial charge in [-0.2, -0.15) is 0 Å². The molecule has 1 saturated heterocycles. The number of rotatable bonds is 8. The molecule has 1 heterocycles. The van der Waals surface area contributed by atoms with Crippen molar-refractivity contribution in [1.29, 1.82) is 0 Å².